The molecular weight excluding hydrogens is 458 g/mol. The lowest BCUT2D eigenvalue weighted by atomic mass is 9.34. The summed E-state index contributed by atoms with van der Waals surface area (Å²) in [6.45, 7) is -2.06. The largest absolute Gasteiger partial charge is 0.249 e. The minimum atomic E-state index is -1.39. The molecule has 5 aromatic rings. The van der Waals surface area contributed by atoms with E-state index in [1.807, 2.05) is 0 Å². The first kappa shape index (κ1) is 23.7. The third kappa shape index (κ3) is 4.35. The first-order chi connectivity index (χ1) is 17.6. The molecule has 0 saturated heterocycles. The van der Waals surface area contributed by atoms with Crippen molar-refractivity contribution in [3.05, 3.63) is 145 Å². The smallest absolute Gasteiger partial charge is 0.204 e. The van der Waals surface area contributed by atoms with E-state index >= 15 is 17.6 Å². The van der Waals surface area contributed by atoms with E-state index in [0.29, 0.717) is 21.9 Å². The number of halogens is 4. The van der Waals surface area contributed by atoms with E-state index in [9.17, 15) is 0 Å². The van der Waals surface area contributed by atoms with Crippen molar-refractivity contribution >= 4 is 46.2 Å². The molecule has 36 heavy (non-hydrogen) atoms. The van der Waals surface area contributed by atoms with Crippen molar-refractivity contribution < 1.29 is 17.6 Å². The zero-order valence-electron chi connectivity index (χ0n) is 19.2. The Morgan fingerprint density at radius 1 is 0.306 bits per heavy atom. The lowest BCUT2D eigenvalue weighted by Gasteiger charge is -2.22. The Labute approximate surface area is 208 Å². The van der Waals surface area contributed by atoms with E-state index in [0.717, 1.165) is 0 Å². The summed E-state index contributed by atoms with van der Waals surface area (Å²) in [4.78, 5) is 0. The Morgan fingerprint density at radius 2 is 0.500 bits per heavy atom. The van der Waals surface area contributed by atoms with Crippen LogP contribution >= 0.6 is 0 Å². The van der Waals surface area contributed by atoms with E-state index in [1.165, 1.54) is 0 Å². The molecule has 0 aliphatic rings. The molecule has 0 aliphatic heterocycles. The van der Waals surface area contributed by atoms with Gasteiger partial charge < -0.3 is 0 Å². The highest BCUT2D eigenvalue weighted by molar-refractivity contribution is 6.97. The molecule has 0 N–H and O–H groups in total. The first-order valence-corrected chi connectivity index (χ1v) is 11.6. The molecule has 0 radical (unpaired) electrons. The third-order valence-electron chi connectivity index (χ3n) is 6.44. The van der Waals surface area contributed by atoms with E-state index < -0.39 is 47.6 Å². The van der Waals surface area contributed by atoms with Gasteiger partial charge in [-0.2, -0.15) is 0 Å². The second kappa shape index (κ2) is 10.3. The molecule has 0 nitrogen and oxygen atoms in total. The number of hydrogen-bond donors (Lipinski definition) is 0. The second-order valence-electron chi connectivity index (χ2n) is 8.59. The van der Waals surface area contributed by atoms with Gasteiger partial charge in [-0.25, -0.2) is 17.6 Å². The van der Waals surface area contributed by atoms with Crippen LogP contribution in [0.25, 0.3) is 0 Å². The molecule has 0 spiro atoms. The molecule has 0 bridgehead atoms. The minimum absolute atomic E-state index is 0.524. The van der Waals surface area contributed by atoms with Gasteiger partial charge in [-0.3, -0.25) is 0 Å². The van der Waals surface area contributed by atoms with Gasteiger partial charge in [-0.05, 0) is 0 Å². The molecule has 5 rings (SSSR count). The summed E-state index contributed by atoms with van der Waals surface area (Å²) in [6, 6.07) is 34.4. The number of benzene rings is 5. The molecule has 0 aliphatic carbocycles. The number of hydrogen-bond acceptors (Lipinski definition) is 0. The van der Waals surface area contributed by atoms with Gasteiger partial charge >= 0.3 is 0 Å². The van der Waals surface area contributed by atoms with Crippen molar-refractivity contribution in [2.24, 2.45) is 0 Å². The topological polar surface area (TPSA) is 0 Å². The van der Waals surface area contributed by atoms with E-state index in [4.69, 9.17) is 0 Å². The Bertz CT molecular complexity index is 1240. The molecule has 5 aromatic carbocycles. The van der Waals surface area contributed by atoms with Gasteiger partial charge in [0.1, 0.15) is 0 Å². The molecule has 0 atom stereocenters. The monoisotopic (exact) mass is 478 g/mol. The summed E-state index contributed by atoms with van der Waals surface area (Å²) in [5, 5.41) is 0. The summed E-state index contributed by atoms with van der Waals surface area (Å²) < 4.78 is 63.7. The Hall–Kier alpha value is -4.05. The molecule has 0 unspecified atom stereocenters. The van der Waals surface area contributed by atoms with E-state index in [-0.39, 0.29) is 0 Å². The van der Waals surface area contributed by atoms with E-state index in [2.05, 4.69) is 0 Å². The van der Waals surface area contributed by atoms with Crippen LogP contribution < -0.4 is 32.8 Å². The Kier molecular flexibility index (Phi) is 6.77. The SMILES string of the molecule is Fc1c(F)c(B(c2ccccc2)c2ccccc2)c(F)c(F)c1B(c1ccccc1)c1ccccc1. The maximum atomic E-state index is 15.9. The van der Waals surface area contributed by atoms with Gasteiger partial charge in [0, 0.05) is 10.9 Å². The van der Waals surface area contributed by atoms with Crippen molar-refractivity contribution in [1.29, 1.82) is 0 Å². The predicted octanol–water partition coefficient (Wildman–Crippen LogP) is 3.28. The molecule has 0 aromatic heterocycles. The van der Waals surface area contributed by atoms with Crippen LogP contribution in [0.15, 0.2) is 121 Å². The fourth-order valence-corrected chi connectivity index (χ4v) is 4.81. The quantitative estimate of drug-likeness (QED) is 0.200. The van der Waals surface area contributed by atoms with Crippen molar-refractivity contribution in [1.82, 2.24) is 0 Å². The fourth-order valence-electron chi connectivity index (χ4n) is 4.81. The van der Waals surface area contributed by atoms with Crippen LogP contribution in [0.5, 0.6) is 0 Å². The maximum absolute atomic E-state index is 15.9. The molecular formula is C30H20B2F4. The molecule has 0 heterocycles. The summed E-state index contributed by atoms with van der Waals surface area (Å²) in [6.07, 6.45) is 0. The molecule has 174 valence electrons. The highest BCUT2D eigenvalue weighted by Gasteiger charge is 2.38. The lowest BCUT2D eigenvalue weighted by Crippen LogP contribution is -2.59. The molecule has 0 fully saturated rings. The van der Waals surface area contributed by atoms with Crippen molar-refractivity contribution in [2.75, 3.05) is 0 Å². The van der Waals surface area contributed by atoms with Crippen LogP contribution in [0.3, 0.4) is 0 Å². The Balaban J connectivity index is 1.77. The van der Waals surface area contributed by atoms with E-state index in [1.54, 1.807) is 121 Å². The van der Waals surface area contributed by atoms with Crippen LogP contribution in [-0.2, 0) is 0 Å². The van der Waals surface area contributed by atoms with Crippen LogP contribution in [0, 0.1) is 23.3 Å². The van der Waals surface area contributed by atoms with Gasteiger partial charge in [-0.1, -0.05) is 143 Å². The zero-order chi connectivity index (χ0) is 25.1. The zero-order valence-corrected chi connectivity index (χ0v) is 19.2. The van der Waals surface area contributed by atoms with Gasteiger partial charge in [0.05, 0.1) is 0 Å². The van der Waals surface area contributed by atoms with Crippen LogP contribution in [0.4, 0.5) is 17.6 Å². The second-order valence-corrected chi connectivity index (χ2v) is 8.59. The average Bonchev–Trinajstić information content (AvgIpc) is 2.94. The normalized spacial score (nSPS) is 10.8. The molecule has 0 saturated carbocycles. The summed E-state index contributed by atoms with van der Waals surface area (Å²) in [7, 11) is 0. The maximum Gasteiger partial charge on any atom is 0.249 e. The van der Waals surface area contributed by atoms with Crippen LogP contribution in [0.1, 0.15) is 0 Å². The third-order valence-corrected chi connectivity index (χ3v) is 6.44. The first-order valence-electron chi connectivity index (χ1n) is 11.6. The highest BCUT2D eigenvalue weighted by Crippen LogP contribution is 2.13. The summed E-state index contributed by atoms with van der Waals surface area (Å²) in [5.41, 5.74) is 0.801. The average molecular weight is 478 g/mol. The summed E-state index contributed by atoms with van der Waals surface area (Å²) in [5.74, 6) is -5.56. The summed E-state index contributed by atoms with van der Waals surface area (Å²) >= 11 is 0. The van der Waals surface area contributed by atoms with Gasteiger partial charge in [0.15, 0.2) is 23.3 Å². The highest BCUT2D eigenvalue weighted by atomic mass is 19.2. The van der Waals surface area contributed by atoms with Crippen molar-refractivity contribution in [3.63, 3.8) is 0 Å². The predicted molar refractivity (Wildman–Crippen MR) is 141 cm³/mol. The fraction of sp³-hybridized carbons (Fsp3) is 0. The van der Waals surface area contributed by atoms with Gasteiger partial charge in [0.2, 0.25) is 13.4 Å². The van der Waals surface area contributed by atoms with Gasteiger partial charge in [-0.15, -0.1) is 0 Å². The minimum Gasteiger partial charge on any atom is -0.204 e. The van der Waals surface area contributed by atoms with Gasteiger partial charge in [0.25, 0.3) is 0 Å². The standard InChI is InChI=1S/C30H20B2F4/c33-27-25(31(21-13-5-1-6-14-21)22-15-7-2-8-16-22)28(34)30(36)26(29(27)35)32(23-17-9-3-10-18-23)24-19-11-4-12-20-24/h1-20H. The number of rotatable bonds is 6. The molecule has 0 amide bonds. The lowest BCUT2D eigenvalue weighted by molar-refractivity contribution is 0.472. The van der Waals surface area contributed by atoms with Crippen molar-refractivity contribution in [2.45, 2.75) is 0 Å². The van der Waals surface area contributed by atoms with Crippen molar-refractivity contribution in [3.8, 4) is 0 Å². The van der Waals surface area contributed by atoms with Crippen LogP contribution in [0.2, 0.25) is 0 Å². The molecule has 6 heteroatoms. The Morgan fingerprint density at radius 3 is 0.694 bits per heavy atom. The van der Waals surface area contributed by atoms with Crippen LogP contribution in [-0.4, -0.2) is 13.4 Å².